The molecule has 0 fully saturated rings. The third-order valence-electron chi connectivity index (χ3n) is 10.7. The third-order valence-corrected chi connectivity index (χ3v) is 11.8. The first-order valence-electron chi connectivity index (χ1n) is 18.8. The van der Waals surface area contributed by atoms with E-state index in [0.717, 1.165) is 44.5 Å². The molecule has 0 aliphatic carbocycles. The Bertz CT molecular complexity index is 3180. The predicted molar refractivity (Wildman–Crippen MR) is 234 cm³/mol. The zero-order valence-electron chi connectivity index (χ0n) is 30.2. The summed E-state index contributed by atoms with van der Waals surface area (Å²) in [6.07, 6.45) is 0. The summed E-state index contributed by atoms with van der Waals surface area (Å²) in [7, 11) is 0. The number of thiophene rings is 1. The van der Waals surface area contributed by atoms with Crippen molar-refractivity contribution in [3.05, 3.63) is 194 Å². The minimum absolute atomic E-state index is 0.627. The minimum Gasteiger partial charge on any atom is -0.309 e. The Hall–Kier alpha value is -7.21. The average Bonchev–Trinajstić information content (AvgIpc) is 3.82. The van der Waals surface area contributed by atoms with Crippen molar-refractivity contribution in [2.24, 2.45) is 0 Å². The smallest absolute Gasteiger partial charge is 0.164 e. The summed E-state index contributed by atoms with van der Waals surface area (Å²) in [4.78, 5) is 15.1. The molecule has 8 aromatic carbocycles. The molecule has 5 heteroatoms. The van der Waals surface area contributed by atoms with Gasteiger partial charge in [-0.1, -0.05) is 146 Å². The van der Waals surface area contributed by atoms with Gasteiger partial charge in [-0.2, -0.15) is 0 Å². The predicted octanol–water partition coefficient (Wildman–Crippen LogP) is 13.7. The van der Waals surface area contributed by atoms with Crippen LogP contribution in [0.25, 0.3) is 104 Å². The number of hydrogen-bond acceptors (Lipinski definition) is 4. The Kier molecular flexibility index (Phi) is 7.64. The maximum Gasteiger partial charge on any atom is 0.164 e. The molecule has 0 radical (unpaired) electrons. The van der Waals surface area contributed by atoms with Crippen LogP contribution in [0.3, 0.4) is 0 Å². The molecule has 0 aliphatic rings. The van der Waals surface area contributed by atoms with Crippen LogP contribution in [0.1, 0.15) is 0 Å². The van der Waals surface area contributed by atoms with E-state index in [9.17, 15) is 0 Å². The summed E-state index contributed by atoms with van der Waals surface area (Å²) in [5.41, 5.74) is 10.8. The van der Waals surface area contributed by atoms with Crippen molar-refractivity contribution < 1.29 is 0 Å². The van der Waals surface area contributed by atoms with Gasteiger partial charge in [0.25, 0.3) is 0 Å². The van der Waals surface area contributed by atoms with E-state index in [4.69, 9.17) is 15.0 Å². The van der Waals surface area contributed by atoms with E-state index in [0.29, 0.717) is 17.5 Å². The van der Waals surface area contributed by atoms with Crippen molar-refractivity contribution in [2.45, 2.75) is 0 Å². The van der Waals surface area contributed by atoms with Crippen molar-refractivity contribution in [3.8, 4) is 62.1 Å². The summed E-state index contributed by atoms with van der Waals surface area (Å²) in [5.74, 6) is 1.91. The fourth-order valence-electron chi connectivity index (χ4n) is 7.97. The Morgan fingerprint density at radius 3 is 1.55 bits per heavy atom. The Labute approximate surface area is 327 Å². The Balaban J connectivity index is 1.13. The van der Waals surface area contributed by atoms with Gasteiger partial charge in [0, 0.05) is 53.2 Å². The molecule has 3 heterocycles. The Morgan fingerprint density at radius 2 is 0.839 bits per heavy atom. The molecule has 11 aromatic rings. The number of hydrogen-bond donors (Lipinski definition) is 0. The van der Waals surface area contributed by atoms with Crippen molar-refractivity contribution in [3.63, 3.8) is 0 Å². The topological polar surface area (TPSA) is 43.6 Å². The molecular formula is C51H32N4S. The highest BCUT2D eigenvalue weighted by molar-refractivity contribution is 7.25. The van der Waals surface area contributed by atoms with Crippen LogP contribution in [0.2, 0.25) is 0 Å². The lowest BCUT2D eigenvalue weighted by atomic mass is 9.99. The first-order valence-corrected chi connectivity index (χ1v) is 19.6. The molecule has 262 valence electrons. The SMILES string of the molecule is c1ccc(-c2nc(-c3ccccc3)nc(-c3ccc(-n4c5ccccc5c5ccc(-c6ccc7sc8ccccc8c7c6)cc54)c(-c4ccccc4)c3)n2)cc1. The van der Waals surface area contributed by atoms with E-state index in [1.807, 2.05) is 72.0 Å². The van der Waals surface area contributed by atoms with Gasteiger partial charge in [-0.25, -0.2) is 15.0 Å². The normalized spacial score (nSPS) is 11.6. The number of benzene rings is 8. The second-order valence-electron chi connectivity index (χ2n) is 14.0. The van der Waals surface area contributed by atoms with Gasteiger partial charge in [-0.15, -0.1) is 11.3 Å². The summed E-state index contributed by atoms with van der Waals surface area (Å²) in [6.45, 7) is 0. The highest BCUT2D eigenvalue weighted by Crippen LogP contribution is 2.41. The van der Waals surface area contributed by atoms with Crippen LogP contribution in [0.4, 0.5) is 0 Å². The lowest BCUT2D eigenvalue weighted by molar-refractivity contribution is 1.07. The van der Waals surface area contributed by atoms with Crippen molar-refractivity contribution in [2.75, 3.05) is 0 Å². The van der Waals surface area contributed by atoms with Crippen LogP contribution >= 0.6 is 11.3 Å². The molecule has 0 spiro atoms. The summed E-state index contributed by atoms with van der Waals surface area (Å²) >= 11 is 1.85. The van der Waals surface area contributed by atoms with E-state index >= 15 is 0 Å². The largest absolute Gasteiger partial charge is 0.309 e. The maximum atomic E-state index is 5.08. The number of nitrogens with zero attached hydrogens (tertiary/aromatic N) is 4. The van der Waals surface area contributed by atoms with Gasteiger partial charge in [0.05, 0.1) is 16.7 Å². The lowest BCUT2D eigenvalue weighted by Crippen LogP contribution is -2.02. The van der Waals surface area contributed by atoms with Crippen LogP contribution < -0.4 is 0 Å². The van der Waals surface area contributed by atoms with Crippen LogP contribution in [0.5, 0.6) is 0 Å². The van der Waals surface area contributed by atoms with Gasteiger partial charge in [-0.3, -0.25) is 0 Å². The first-order chi connectivity index (χ1) is 27.7. The standard InChI is InChI=1S/C51H32N4S/c1-4-14-33(15-5-1)42-31-38(51-53-49(34-16-6-2-7-17-34)52-50(54-51)35-18-8-3-9-19-35)25-28-45(42)55-44-22-12-10-20-39(44)40-27-24-37(32-46(40)55)36-26-29-48-43(30-36)41-21-11-13-23-47(41)56-48/h1-32H. The summed E-state index contributed by atoms with van der Waals surface area (Å²) in [5, 5.41) is 5.04. The van der Waals surface area contributed by atoms with E-state index in [1.165, 1.54) is 42.1 Å². The third kappa shape index (κ3) is 5.48. The van der Waals surface area contributed by atoms with Gasteiger partial charge in [-0.05, 0) is 65.2 Å². The maximum absolute atomic E-state index is 5.08. The molecular weight excluding hydrogens is 701 g/mol. The second-order valence-corrected chi connectivity index (χ2v) is 15.1. The highest BCUT2D eigenvalue weighted by Gasteiger charge is 2.19. The lowest BCUT2D eigenvalue weighted by Gasteiger charge is -2.16. The van der Waals surface area contributed by atoms with E-state index in [-0.39, 0.29) is 0 Å². The molecule has 0 amide bonds. The number of rotatable bonds is 6. The zero-order valence-corrected chi connectivity index (χ0v) is 31.0. The fraction of sp³-hybridized carbons (Fsp3) is 0. The van der Waals surface area contributed by atoms with Crippen LogP contribution in [-0.2, 0) is 0 Å². The van der Waals surface area contributed by atoms with Crippen LogP contribution in [0.15, 0.2) is 194 Å². The van der Waals surface area contributed by atoms with Gasteiger partial charge in [0.2, 0.25) is 0 Å². The summed E-state index contributed by atoms with van der Waals surface area (Å²) in [6, 6.07) is 68.7. The van der Waals surface area contributed by atoms with Crippen LogP contribution in [-0.4, -0.2) is 19.5 Å². The van der Waals surface area contributed by atoms with Crippen LogP contribution in [0, 0.1) is 0 Å². The van der Waals surface area contributed by atoms with Gasteiger partial charge >= 0.3 is 0 Å². The zero-order chi connectivity index (χ0) is 37.0. The molecule has 0 atom stereocenters. The monoisotopic (exact) mass is 732 g/mol. The second kappa shape index (κ2) is 13.3. The molecule has 3 aromatic heterocycles. The summed E-state index contributed by atoms with van der Waals surface area (Å²) < 4.78 is 5.05. The molecule has 0 N–H and O–H groups in total. The van der Waals surface area contributed by atoms with Crippen molar-refractivity contribution in [1.82, 2.24) is 19.5 Å². The number of fused-ring (bicyclic) bond motifs is 6. The first kappa shape index (κ1) is 32.2. The fourth-order valence-corrected chi connectivity index (χ4v) is 9.06. The molecule has 0 saturated heterocycles. The molecule has 0 aliphatic heterocycles. The number of aromatic nitrogens is 4. The minimum atomic E-state index is 0.627. The van der Waals surface area contributed by atoms with Gasteiger partial charge in [0.15, 0.2) is 17.5 Å². The number of para-hydroxylation sites is 1. The van der Waals surface area contributed by atoms with Crippen molar-refractivity contribution in [1.29, 1.82) is 0 Å². The quantitative estimate of drug-likeness (QED) is 0.171. The van der Waals surface area contributed by atoms with Gasteiger partial charge < -0.3 is 4.57 Å². The van der Waals surface area contributed by atoms with E-state index in [1.54, 1.807) is 0 Å². The molecule has 11 rings (SSSR count). The molecule has 0 bridgehead atoms. The molecule has 0 unspecified atom stereocenters. The highest BCUT2D eigenvalue weighted by atomic mass is 32.1. The molecule has 0 saturated carbocycles. The Morgan fingerprint density at radius 1 is 0.321 bits per heavy atom. The van der Waals surface area contributed by atoms with E-state index < -0.39 is 0 Å². The molecule has 4 nitrogen and oxygen atoms in total. The van der Waals surface area contributed by atoms with Gasteiger partial charge in [0.1, 0.15) is 0 Å². The molecule has 56 heavy (non-hydrogen) atoms. The average molecular weight is 733 g/mol. The van der Waals surface area contributed by atoms with E-state index in [2.05, 4.69) is 138 Å². The van der Waals surface area contributed by atoms with Crippen molar-refractivity contribution >= 4 is 53.3 Å².